The minimum atomic E-state index is -0.180. The Balaban J connectivity index is 1.64. The predicted molar refractivity (Wildman–Crippen MR) is 120 cm³/mol. The maximum absolute atomic E-state index is 12.6. The van der Waals surface area contributed by atoms with Gasteiger partial charge in [-0.2, -0.15) is 5.26 Å². The first-order valence-corrected chi connectivity index (χ1v) is 9.57. The van der Waals surface area contributed by atoms with Crippen LogP contribution in [-0.4, -0.2) is 26.7 Å². The Morgan fingerprint density at radius 2 is 1.71 bits per heavy atom. The molecule has 0 saturated carbocycles. The number of hydrogen-bond donors (Lipinski definition) is 0. The van der Waals surface area contributed by atoms with Crippen molar-refractivity contribution < 1.29 is 19.0 Å². The Kier molecular flexibility index (Phi) is 7.28. The van der Waals surface area contributed by atoms with Crippen LogP contribution in [0.2, 0.25) is 0 Å². The highest BCUT2D eigenvalue weighted by Gasteiger charge is 2.09. The molecule has 0 aromatic heterocycles. The molecule has 0 unspecified atom stereocenters. The van der Waals surface area contributed by atoms with E-state index >= 15 is 0 Å². The van der Waals surface area contributed by atoms with Gasteiger partial charge in [0.05, 0.1) is 7.11 Å². The van der Waals surface area contributed by atoms with Gasteiger partial charge in [-0.3, -0.25) is 4.79 Å². The average molecular weight is 414 g/mol. The summed E-state index contributed by atoms with van der Waals surface area (Å²) in [5.41, 5.74) is 1.52. The molecule has 0 bridgehead atoms. The molecule has 3 rings (SSSR count). The molecule has 156 valence electrons. The number of anilines is 1. The summed E-state index contributed by atoms with van der Waals surface area (Å²) in [6.07, 6.45) is 3.18. The molecule has 0 atom stereocenters. The van der Waals surface area contributed by atoms with Crippen LogP contribution in [0.4, 0.5) is 5.69 Å². The zero-order valence-corrected chi connectivity index (χ0v) is 17.3. The van der Waals surface area contributed by atoms with Crippen molar-refractivity contribution in [2.45, 2.75) is 0 Å². The van der Waals surface area contributed by atoms with Crippen LogP contribution in [-0.2, 0) is 4.79 Å². The van der Waals surface area contributed by atoms with Crippen LogP contribution < -0.4 is 19.1 Å². The molecule has 1 amide bonds. The summed E-state index contributed by atoms with van der Waals surface area (Å²) in [5, 5.41) is 8.64. The van der Waals surface area contributed by atoms with Crippen LogP contribution in [0.3, 0.4) is 0 Å². The number of ether oxygens (including phenoxy) is 3. The SMILES string of the molecule is COc1cc(/C=C/C(=O)N(C)c2ccc(Oc3ccccc3)cc2)ccc1OCC#N. The molecule has 0 radical (unpaired) electrons. The van der Waals surface area contributed by atoms with Gasteiger partial charge in [0.25, 0.3) is 5.91 Å². The summed E-state index contributed by atoms with van der Waals surface area (Å²) in [7, 11) is 3.23. The Bertz CT molecular complexity index is 1090. The second kappa shape index (κ2) is 10.5. The van der Waals surface area contributed by atoms with Crippen molar-refractivity contribution in [1.29, 1.82) is 5.26 Å². The van der Waals surface area contributed by atoms with Crippen molar-refractivity contribution >= 4 is 17.7 Å². The number of likely N-dealkylation sites (N-methyl/N-ethyl adjacent to an activating group) is 1. The van der Waals surface area contributed by atoms with Gasteiger partial charge >= 0.3 is 0 Å². The summed E-state index contributed by atoms with van der Waals surface area (Å²) < 4.78 is 16.4. The smallest absolute Gasteiger partial charge is 0.250 e. The van der Waals surface area contributed by atoms with E-state index in [0.717, 1.165) is 17.0 Å². The van der Waals surface area contributed by atoms with Gasteiger partial charge in [-0.05, 0) is 60.2 Å². The molecule has 3 aromatic carbocycles. The lowest BCUT2D eigenvalue weighted by atomic mass is 10.2. The van der Waals surface area contributed by atoms with Crippen LogP contribution in [0.1, 0.15) is 5.56 Å². The van der Waals surface area contributed by atoms with E-state index in [1.807, 2.05) is 60.7 Å². The summed E-state index contributed by atoms with van der Waals surface area (Å²) in [4.78, 5) is 14.1. The normalized spacial score (nSPS) is 10.4. The first-order chi connectivity index (χ1) is 15.1. The zero-order chi connectivity index (χ0) is 22.1. The van der Waals surface area contributed by atoms with E-state index < -0.39 is 0 Å². The summed E-state index contributed by atoms with van der Waals surface area (Å²) in [5.74, 6) is 2.23. The van der Waals surface area contributed by atoms with Crippen molar-refractivity contribution in [3.63, 3.8) is 0 Å². The molecule has 0 aliphatic carbocycles. The Morgan fingerprint density at radius 3 is 2.39 bits per heavy atom. The molecule has 0 saturated heterocycles. The van der Waals surface area contributed by atoms with E-state index in [1.165, 1.54) is 13.2 Å². The Morgan fingerprint density at radius 1 is 1.00 bits per heavy atom. The first-order valence-electron chi connectivity index (χ1n) is 9.57. The summed E-state index contributed by atoms with van der Waals surface area (Å²) >= 11 is 0. The first kappa shape index (κ1) is 21.5. The van der Waals surface area contributed by atoms with Crippen LogP contribution in [0, 0.1) is 11.3 Å². The number of carbonyl (C=O) groups is 1. The Hall–Kier alpha value is -4.24. The minimum Gasteiger partial charge on any atom is -0.493 e. The van der Waals surface area contributed by atoms with Gasteiger partial charge in [-0.15, -0.1) is 0 Å². The van der Waals surface area contributed by atoms with Crippen LogP contribution in [0.5, 0.6) is 23.0 Å². The molecule has 0 N–H and O–H groups in total. The maximum Gasteiger partial charge on any atom is 0.250 e. The van der Waals surface area contributed by atoms with Crippen LogP contribution >= 0.6 is 0 Å². The third-order valence-electron chi connectivity index (χ3n) is 4.43. The topological polar surface area (TPSA) is 71.8 Å². The van der Waals surface area contributed by atoms with Crippen LogP contribution in [0.25, 0.3) is 6.08 Å². The second-order valence-electron chi connectivity index (χ2n) is 6.50. The molecule has 0 spiro atoms. The molecule has 3 aromatic rings. The lowest BCUT2D eigenvalue weighted by molar-refractivity contribution is -0.113. The molecule has 6 nitrogen and oxygen atoms in total. The molecule has 0 aliphatic heterocycles. The van der Waals surface area contributed by atoms with Crippen molar-refractivity contribution in [3.05, 3.63) is 84.4 Å². The molecule has 31 heavy (non-hydrogen) atoms. The number of methoxy groups -OCH3 is 1. The van der Waals surface area contributed by atoms with Crippen molar-refractivity contribution in [3.8, 4) is 29.1 Å². The van der Waals surface area contributed by atoms with Crippen molar-refractivity contribution in [2.75, 3.05) is 25.7 Å². The molecular formula is C25H22N2O4. The molecular weight excluding hydrogens is 392 g/mol. The monoisotopic (exact) mass is 414 g/mol. The van der Waals surface area contributed by atoms with E-state index in [0.29, 0.717) is 17.2 Å². The van der Waals surface area contributed by atoms with Crippen molar-refractivity contribution in [1.82, 2.24) is 0 Å². The number of rotatable bonds is 8. The quantitative estimate of drug-likeness (QED) is 0.482. The third-order valence-corrected chi connectivity index (χ3v) is 4.43. The molecule has 6 heteroatoms. The number of para-hydroxylation sites is 1. The fourth-order valence-corrected chi connectivity index (χ4v) is 2.79. The maximum atomic E-state index is 12.6. The van der Waals surface area contributed by atoms with E-state index in [9.17, 15) is 4.79 Å². The second-order valence-corrected chi connectivity index (χ2v) is 6.50. The van der Waals surface area contributed by atoms with E-state index in [4.69, 9.17) is 19.5 Å². The highest BCUT2D eigenvalue weighted by molar-refractivity contribution is 6.03. The minimum absolute atomic E-state index is 0.0655. The average Bonchev–Trinajstić information content (AvgIpc) is 2.82. The summed E-state index contributed by atoms with van der Waals surface area (Å²) in [6, 6.07) is 23.9. The fraction of sp³-hybridized carbons (Fsp3) is 0.120. The Labute approximate surface area is 181 Å². The third kappa shape index (κ3) is 5.87. The van der Waals surface area contributed by atoms with Gasteiger partial charge in [-0.25, -0.2) is 0 Å². The van der Waals surface area contributed by atoms with E-state index in [2.05, 4.69) is 0 Å². The highest BCUT2D eigenvalue weighted by Crippen LogP contribution is 2.29. The van der Waals surface area contributed by atoms with Gasteiger partial charge < -0.3 is 19.1 Å². The van der Waals surface area contributed by atoms with Gasteiger partial charge in [-0.1, -0.05) is 24.3 Å². The molecule has 0 fully saturated rings. The van der Waals surface area contributed by atoms with Gasteiger partial charge in [0.15, 0.2) is 18.1 Å². The van der Waals surface area contributed by atoms with E-state index in [-0.39, 0.29) is 12.5 Å². The standard InChI is InChI=1S/C25H22N2O4/c1-27(20-10-12-22(13-11-20)31-21-6-4-3-5-7-21)25(28)15-9-19-8-14-23(30-17-16-26)24(18-19)29-2/h3-15,18H,17H2,1-2H3/b15-9+. The number of nitriles is 1. The van der Waals surface area contributed by atoms with E-state index in [1.54, 1.807) is 36.2 Å². The number of amides is 1. The zero-order valence-electron chi connectivity index (χ0n) is 17.3. The van der Waals surface area contributed by atoms with Gasteiger partial charge in [0, 0.05) is 18.8 Å². The molecule has 0 heterocycles. The van der Waals surface area contributed by atoms with Gasteiger partial charge in [0.2, 0.25) is 0 Å². The number of benzene rings is 3. The predicted octanol–water partition coefficient (Wildman–Crippen LogP) is 5.07. The van der Waals surface area contributed by atoms with Crippen molar-refractivity contribution in [2.24, 2.45) is 0 Å². The number of hydrogen-bond acceptors (Lipinski definition) is 5. The fourth-order valence-electron chi connectivity index (χ4n) is 2.79. The number of nitrogens with zero attached hydrogens (tertiary/aromatic N) is 2. The number of carbonyl (C=O) groups excluding carboxylic acids is 1. The summed E-state index contributed by atoms with van der Waals surface area (Å²) in [6.45, 7) is -0.0655. The van der Waals surface area contributed by atoms with Crippen LogP contribution in [0.15, 0.2) is 78.9 Å². The highest BCUT2D eigenvalue weighted by atomic mass is 16.5. The lowest BCUT2D eigenvalue weighted by Crippen LogP contribution is -2.23. The van der Waals surface area contributed by atoms with Gasteiger partial charge in [0.1, 0.15) is 17.6 Å². The lowest BCUT2D eigenvalue weighted by Gasteiger charge is -2.16. The molecule has 0 aliphatic rings. The largest absolute Gasteiger partial charge is 0.493 e.